The number of thiophene rings is 1. The zero-order valence-corrected chi connectivity index (χ0v) is 15.2. The summed E-state index contributed by atoms with van der Waals surface area (Å²) < 4.78 is 0. The largest absolute Gasteiger partial charge is 0.478 e. The van der Waals surface area contributed by atoms with Crippen molar-refractivity contribution in [3.8, 4) is 0 Å². The van der Waals surface area contributed by atoms with Crippen molar-refractivity contribution in [1.82, 2.24) is 9.80 Å². The van der Waals surface area contributed by atoms with Crippen molar-refractivity contribution in [1.29, 1.82) is 0 Å². The van der Waals surface area contributed by atoms with E-state index in [1.165, 1.54) is 0 Å². The number of benzene rings is 1. The lowest BCUT2D eigenvalue weighted by molar-refractivity contribution is 0.0558. The first kappa shape index (κ1) is 18.0. The van der Waals surface area contributed by atoms with Crippen molar-refractivity contribution in [3.63, 3.8) is 0 Å². The number of nitrogens with zero attached hydrogens (tertiary/aromatic N) is 2. The topological polar surface area (TPSA) is 141 Å². The van der Waals surface area contributed by atoms with Gasteiger partial charge in [-0.05, 0) is 24.1 Å². The average molecular weight is 401 g/mol. The summed E-state index contributed by atoms with van der Waals surface area (Å²) in [7, 11) is 0. The van der Waals surface area contributed by atoms with Gasteiger partial charge in [0.25, 0.3) is 11.8 Å². The zero-order valence-electron chi connectivity index (χ0n) is 14.4. The quantitative estimate of drug-likeness (QED) is 0.665. The van der Waals surface area contributed by atoms with E-state index in [4.69, 9.17) is 5.73 Å². The fraction of sp³-hybridized carbons (Fsp3) is 0.222. The molecule has 0 spiro atoms. The number of imide groups is 1. The lowest BCUT2D eigenvalue weighted by atomic mass is 9.96. The van der Waals surface area contributed by atoms with Crippen LogP contribution in [0.4, 0.5) is 9.80 Å². The third-order valence-electron chi connectivity index (χ3n) is 5.04. The lowest BCUT2D eigenvalue weighted by Crippen LogP contribution is -2.50. The minimum absolute atomic E-state index is 0.0302. The van der Waals surface area contributed by atoms with E-state index in [1.54, 1.807) is 24.3 Å². The molecular formula is C18H15N3O6S. The number of rotatable bonds is 3. The van der Waals surface area contributed by atoms with Gasteiger partial charge in [-0.15, -0.1) is 11.3 Å². The van der Waals surface area contributed by atoms with Gasteiger partial charge in [0, 0.05) is 4.88 Å². The van der Waals surface area contributed by atoms with Crippen LogP contribution in [0.5, 0.6) is 0 Å². The van der Waals surface area contributed by atoms with E-state index in [2.05, 4.69) is 0 Å². The molecule has 0 bridgehead atoms. The smallest absolute Gasteiger partial charge is 0.407 e. The van der Waals surface area contributed by atoms with Crippen LogP contribution in [-0.4, -0.2) is 56.5 Å². The number of carboxylic acids is 1. The van der Waals surface area contributed by atoms with Crippen LogP contribution in [-0.2, 0) is 13.0 Å². The van der Waals surface area contributed by atoms with Crippen LogP contribution in [0.2, 0.25) is 0 Å². The van der Waals surface area contributed by atoms with Gasteiger partial charge >= 0.3 is 12.1 Å². The molecule has 1 aromatic heterocycles. The van der Waals surface area contributed by atoms with Crippen LogP contribution in [0, 0.1) is 0 Å². The van der Waals surface area contributed by atoms with E-state index in [0.29, 0.717) is 10.4 Å². The molecule has 3 heterocycles. The first-order chi connectivity index (χ1) is 13.3. The third kappa shape index (κ3) is 2.61. The second kappa shape index (κ2) is 6.34. The Morgan fingerprint density at radius 2 is 1.75 bits per heavy atom. The van der Waals surface area contributed by atoms with Gasteiger partial charge in [-0.1, -0.05) is 12.1 Å². The maximum atomic E-state index is 12.6. The van der Waals surface area contributed by atoms with E-state index in [9.17, 15) is 29.4 Å². The summed E-state index contributed by atoms with van der Waals surface area (Å²) in [5, 5.41) is 19.1. The number of nitrogens with two attached hydrogens (primary N) is 1. The van der Waals surface area contributed by atoms with Gasteiger partial charge in [0.2, 0.25) is 0 Å². The number of hydrogen-bond donors (Lipinski definition) is 3. The summed E-state index contributed by atoms with van der Waals surface area (Å²) in [6.45, 7) is -0.201. The highest BCUT2D eigenvalue weighted by molar-refractivity contribution is 7.16. The van der Waals surface area contributed by atoms with E-state index >= 15 is 0 Å². The summed E-state index contributed by atoms with van der Waals surface area (Å²) in [6.07, 6.45) is -1.15. The molecular weight excluding hydrogens is 386 g/mol. The normalized spacial score (nSPS) is 18.2. The lowest BCUT2D eigenvalue weighted by Gasteiger charge is -2.35. The van der Waals surface area contributed by atoms with Crippen molar-refractivity contribution in [2.24, 2.45) is 0 Å². The minimum atomic E-state index is -1.21. The van der Waals surface area contributed by atoms with E-state index in [0.717, 1.165) is 21.1 Å². The third-order valence-corrected chi connectivity index (χ3v) is 6.09. The number of carboxylic acid groups (broad SMARTS) is 2. The summed E-state index contributed by atoms with van der Waals surface area (Å²) in [4.78, 5) is 51.2. The fourth-order valence-corrected chi connectivity index (χ4v) is 4.83. The standard InChI is InChI=1S/C18H15N3O6S/c19-14-13(17(24)25)11-5-8(20(18(26)27)7-12(11)28-14)6-21-15(22)9-3-1-2-4-10(9)16(21)23/h1-4,8H,5-7,19H2,(H,24,25)(H,26,27)/t8-/m0/s1. The molecule has 2 aliphatic rings. The highest BCUT2D eigenvalue weighted by atomic mass is 32.1. The number of fused-ring (bicyclic) bond motifs is 2. The van der Waals surface area contributed by atoms with Crippen LogP contribution in [0.15, 0.2) is 24.3 Å². The first-order valence-corrected chi connectivity index (χ1v) is 9.19. The van der Waals surface area contributed by atoms with Crippen molar-refractivity contribution in [2.45, 2.75) is 19.0 Å². The number of anilines is 1. The van der Waals surface area contributed by atoms with E-state index < -0.39 is 29.9 Å². The Morgan fingerprint density at radius 1 is 1.14 bits per heavy atom. The molecule has 0 saturated carbocycles. The molecule has 10 heteroatoms. The molecule has 0 aliphatic carbocycles. The Balaban J connectivity index is 1.68. The molecule has 1 aromatic carbocycles. The molecule has 9 nitrogen and oxygen atoms in total. The second-order valence-electron chi connectivity index (χ2n) is 6.58. The number of aromatic carboxylic acids is 1. The maximum absolute atomic E-state index is 12.6. The monoisotopic (exact) mass is 401 g/mol. The van der Waals surface area contributed by atoms with Crippen LogP contribution in [0.25, 0.3) is 0 Å². The molecule has 2 aliphatic heterocycles. The summed E-state index contributed by atoms with van der Waals surface area (Å²) in [5.74, 6) is -2.15. The van der Waals surface area contributed by atoms with Gasteiger partial charge < -0.3 is 15.9 Å². The molecule has 4 N–H and O–H groups in total. The van der Waals surface area contributed by atoms with Crippen molar-refractivity contribution < 1.29 is 29.4 Å². The molecule has 0 unspecified atom stereocenters. The highest BCUT2D eigenvalue weighted by Crippen LogP contribution is 2.37. The van der Waals surface area contributed by atoms with Gasteiger partial charge in [0.1, 0.15) is 5.00 Å². The molecule has 28 heavy (non-hydrogen) atoms. The van der Waals surface area contributed by atoms with Gasteiger partial charge in [0.05, 0.1) is 35.8 Å². The Morgan fingerprint density at radius 3 is 2.29 bits per heavy atom. The fourth-order valence-electron chi connectivity index (χ4n) is 3.74. The van der Waals surface area contributed by atoms with Crippen molar-refractivity contribution in [3.05, 3.63) is 51.4 Å². The molecule has 0 fully saturated rings. The Kier molecular flexibility index (Phi) is 4.07. The van der Waals surface area contributed by atoms with Gasteiger partial charge in [-0.25, -0.2) is 9.59 Å². The van der Waals surface area contributed by atoms with Crippen LogP contribution < -0.4 is 5.73 Å². The summed E-state index contributed by atoms with van der Waals surface area (Å²) in [5.41, 5.74) is 6.79. The van der Waals surface area contributed by atoms with Crippen molar-refractivity contribution in [2.75, 3.05) is 12.3 Å². The highest BCUT2D eigenvalue weighted by Gasteiger charge is 2.41. The van der Waals surface area contributed by atoms with Crippen LogP contribution >= 0.6 is 11.3 Å². The summed E-state index contributed by atoms with van der Waals surface area (Å²) in [6, 6.07) is 5.63. The maximum Gasteiger partial charge on any atom is 0.407 e. The number of carbonyl (C=O) groups is 4. The molecule has 0 saturated heterocycles. The zero-order chi connectivity index (χ0) is 20.2. The Hall–Kier alpha value is -3.40. The molecule has 1 atom stereocenters. The molecule has 2 aromatic rings. The molecule has 0 radical (unpaired) electrons. The van der Waals surface area contributed by atoms with E-state index in [1.807, 2.05) is 0 Å². The molecule has 3 amide bonds. The second-order valence-corrected chi connectivity index (χ2v) is 7.72. The number of carbonyl (C=O) groups excluding carboxylic acids is 2. The minimum Gasteiger partial charge on any atom is -0.478 e. The van der Waals surface area contributed by atoms with Crippen molar-refractivity contribution >= 4 is 40.2 Å². The Labute approximate surface area is 162 Å². The predicted molar refractivity (Wildman–Crippen MR) is 98.6 cm³/mol. The molecule has 4 rings (SSSR count). The van der Waals surface area contributed by atoms with Crippen LogP contribution in [0.3, 0.4) is 0 Å². The Bertz CT molecular complexity index is 1010. The van der Waals surface area contributed by atoms with Crippen LogP contribution in [0.1, 0.15) is 41.5 Å². The van der Waals surface area contributed by atoms with Gasteiger partial charge in [0.15, 0.2) is 0 Å². The number of hydrogen-bond acceptors (Lipinski definition) is 6. The number of amides is 3. The average Bonchev–Trinajstić information content (AvgIpc) is 3.09. The summed E-state index contributed by atoms with van der Waals surface area (Å²) >= 11 is 1.05. The van der Waals surface area contributed by atoms with E-state index in [-0.39, 0.29) is 41.2 Å². The van der Waals surface area contributed by atoms with Gasteiger partial charge in [-0.2, -0.15) is 0 Å². The predicted octanol–water partition coefficient (Wildman–Crippen LogP) is 1.73. The van der Waals surface area contributed by atoms with Gasteiger partial charge in [-0.3, -0.25) is 19.4 Å². The molecule has 144 valence electrons. The number of nitrogen functional groups attached to an aromatic ring is 1. The SMILES string of the molecule is Nc1sc2c(c1C(=O)O)C[C@@H](CN1C(=O)c3ccccc3C1=O)N(C(=O)O)C2. The first-order valence-electron chi connectivity index (χ1n) is 8.37.